The molecular weight excluding hydrogens is 472 g/mol. The van der Waals surface area contributed by atoms with Crippen LogP contribution in [-0.2, 0) is 22.6 Å². The van der Waals surface area contributed by atoms with E-state index in [4.69, 9.17) is 0 Å². The minimum Gasteiger partial charge on any atom is -0.377 e. The van der Waals surface area contributed by atoms with Gasteiger partial charge in [-0.2, -0.15) is 0 Å². The highest BCUT2D eigenvalue weighted by atomic mass is 16.2. The Labute approximate surface area is 228 Å². The highest BCUT2D eigenvalue weighted by Crippen LogP contribution is 2.66. The number of nitrogens with zero attached hydrogens (tertiary/aromatic N) is 2. The maximum Gasteiger partial charge on any atom is 0.190 e. The van der Waals surface area contributed by atoms with Crippen LogP contribution in [0.5, 0.6) is 0 Å². The molecule has 1 fully saturated rings. The van der Waals surface area contributed by atoms with Gasteiger partial charge >= 0.3 is 0 Å². The lowest BCUT2D eigenvalue weighted by molar-refractivity contribution is -0.134. The van der Waals surface area contributed by atoms with E-state index in [1.165, 1.54) is 25.3 Å². The third-order valence-electron chi connectivity index (χ3n) is 10.7. The number of hydrogen-bond acceptors (Lipinski definition) is 5. The van der Waals surface area contributed by atoms with Gasteiger partial charge < -0.3 is 4.90 Å². The maximum absolute atomic E-state index is 14.7. The predicted molar refractivity (Wildman–Crippen MR) is 153 cm³/mol. The number of benzene rings is 1. The Morgan fingerprint density at radius 1 is 1.03 bits per heavy atom. The second kappa shape index (κ2) is 8.74. The molecule has 0 aromatic heterocycles. The van der Waals surface area contributed by atoms with Crippen LogP contribution >= 0.6 is 0 Å². The van der Waals surface area contributed by atoms with Gasteiger partial charge in [-0.1, -0.05) is 25.0 Å². The normalized spacial score (nSPS) is 31.4. The van der Waals surface area contributed by atoms with E-state index in [9.17, 15) is 14.4 Å². The van der Waals surface area contributed by atoms with Gasteiger partial charge in [0, 0.05) is 42.9 Å². The first-order valence-corrected chi connectivity index (χ1v) is 14.2. The number of allylic oxidation sites excluding steroid dienone is 4. The molecule has 1 heterocycles. The average Bonchev–Trinajstić information content (AvgIpc) is 3.30. The van der Waals surface area contributed by atoms with Crippen molar-refractivity contribution in [2.24, 2.45) is 16.2 Å². The summed E-state index contributed by atoms with van der Waals surface area (Å²) in [6.45, 7) is 17.0. The molecular formula is C33H44N2O3. The van der Waals surface area contributed by atoms with Crippen molar-refractivity contribution in [3.8, 4) is 0 Å². The van der Waals surface area contributed by atoms with Crippen molar-refractivity contribution >= 4 is 23.0 Å². The Bertz CT molecular complexity index is 1340. The first kappa shape index (κ1) is 27.1. The summed E-state index contributed by atoms with van der Waals surface area (Å²) in [4.78, 5) is 46.0. The Kier molecular flexibility index (Phi) is 6.22. The zero-order valence-electron chi connectivity index (χ0n) is 24.9. The van der Waals surface area contributed by atoms with Crippen molar-refractivity contribution in [2.75, 3.05) is 32.1 Å². The summed E-state index contributed by atoms with van der Waals surface area (Å²) in [5.41, 5.74) is 6.74. The van der Waals surface area contributed by atoms with E-state index < -0.39 is 5.41 Å². The molecule has 5 nitrogen and oxygen atoms in total. The number of anilines is 1. The lowest BCUT2D eigenvalue weighted by atomic mass is 9.42. The quantitative estimate of drug-likeness (QED) is 0.459. The van der Waals surface area contributed by atoms with E-state index in [0.717, 1.165) is 71.6 Å². The second-order valence-corrected chi connectivity index (χ2v) is 13.6. The van der Waals surface area contributed by atoms with E-state index in [-0.39, 0.29) is 28.2 Å². The fraction of sp³-hybridized carbons (Fsp3) is 0.606. The van der Waals surface area contributed by atoms with Crippen LogP contribution < -0.4 is 4.90 Å². The number of fused-ring (bicyclic) bond motifs is 3. The Hall–Kier alpha value is -2.53. The fourth-order valence-electron chi connectivity index (χ4n) is 8.76. The van der Waals surface area contributed by atoms with Crippen molar-refractivity contribution in [1.29, 1.82) is 0 Å². The molecule has 1 aromatic rings. The van der Waals surface area contributed by atoms with E-state index in [1.807, 2.05) is 20.8 Å². The molecule has 0 N–H and O–H groups in total. The van der Waals surface area contributed by atoms with Gasteiger partial charge in [-0.25, -0.2) is 0 Å². The van der Waals surface area contributed by atoms with Gasteiger partial charge in [0.15, 0.2) is 17.3 Å². The smallest absolute Gasteiger partial charge is 0.190 e. The summed E-state index contributed by atoms with van der Waals surface area (Å²) in [6, 6.07) is 2.31. The summed E-state index contributed by atoms with van der Waals surface area (Å²) >= 11 is 0. The number of Topliss-reactive ketones (excluding diaryl/α,β-unsaturated/α-hetero) is 3. The summed E-state index contributed by atoms with van der Waals surface area (Å²) in [6.07, 6.45) is 4.68. The van der Waals surface area contributed by atoms with Crippen LogP contribution in [0.25, 0.3) is 0 Å². The van der Waals surface area contributed by atoms with E-state index in [2.05, 4.69) is 50.7 Å². The van der Waals surface area contributed by atoms with Crippen molar-refractivity contribution < 1.29 is 14.4 Å². The predicted octanol–water partition coefficient (Wildman–Crippen LogP) is 6.01. The minimum atomic E-state index is -0.874. The van der Waals surface area contributed by atoms with Crippen LogP contribution in [0.15, 0.2) is 28.4 Å². The standard InChI is InChI=1S/C33H44N2O3/c1-19-15-32(6)18-31(5)16-24-25(34(8)9)14-23(17-35-12-10-11-13-35)20(2)27(24)29(37)28(31)21(3)33(32,7)30(38)26(19)22(4)36/h14H,10-13,15-18H2,1-9H3. The highest BCUT2D eigenvalue weighted by Gasteiger charge is 2.63. The topological polar surface area (TPSA) is 57.7 Å². The number of rotatable bonds is 4. The van der Waals surface area contributed by atoms with Gasteiger partial charge in [-0.05, 0) is 108 Å². The zero-order chi connectivity index (χ0) is 27.9. The average molecular weight is 517 g/mol. The largest absolute Gasteiger partial charge is 0.377 e. The van der Waals surface area contributed by atoms with Crippen LogP contribution in [0, 0.1) is 23.2 Å². The lowest BCUT2D eigenvalue weighted by Crippen LogP contribution is -2.57. The van der Waals surface area contributed by atoms with Gasteiger partial charge in [-0.15, -0.1) is 0 Å². The molecule has 5 rings (SSSR count). The Morgan fingerprint density at radius 3 is 2.24 bits per heavy atom. The van der Waals surface area contributed by atoms with Crippen LogP contribution in [0.1, 0.15) is 94.3 Å². The summed E-state index contributed by atoms with van der Waals surface area (Å²) in [5, 5.41) is 0. The summed E-state index contributed by atoms with van der Waals surface area (Å²) in [5.74, 6) is -0.183. The number of likely N-dealkylation sites (tertiary alicyclic amines) is 1. The number of carbonyl (C=O) groups excluding carboxylic acids is 3. The number of carbonyl (C=O) groups is 3. The molecule has 0 saturated carbocycles. The SMILES string of the molecule is CC(=O)C1=C(C)CC2(C)CC3(C)Cc4c(N(C)C)cc(CN5CCCC5)c(C)c4C(=O)C3=C(C)C2(C)C1=O. The van der Waals surface area contributed by atoms with Crippen LogP contribution in [0.2, 0.25) is 0 Å². The first-order chi connectivity index (χ1) is 17.7. The van der Waals surface area contributed by atoms with E-state index in [1.54, 1.807) is 0 Å². The van der Waals surface area contributed by atoms with Crippen molar-refractivity contribution in [1.82, 2.24) is 4.90 Å². The molecule has 38 heavy (non-hydrogen) atoms. The lowest BCUT2D eigenvalue weighted by Gasteiger charge is -2.59. The van der Waals surface area contributed by atoms with E-state index >= 15 is 0 Å². The zero-order valence-corrected chi connectivity index (χ0v) is 24.9. The molecule has 5 heteroatoms. The van der Waals surface area contributed by atoms with Crippen molar-refractivity contribution in [3.63, 3.8) is 0 Å². The molecule has 3 unspecified atom stereocenters. The number of hydrogen-bond donors (Lipinski definition) is 0. The molecule has 0 amide bonds. The monoisotopic (exact) mass is 516 g/mol. The van der Waals surface area contributed by atoms with Crippen molar-refractivity contribution in [2.45, 2.75) is 87.1 Å². The molecule has 3 atom stereocenters. The molecule has 0 spiro atoms. The van der Waals surface area contributed by atoms with Gasteiger partial charge in [0.25, 0.3) is 0 Å². The third-order valence-corrected chi connectivity index (χ3v) is 10.7. The molecule has 204 valence electrons. The molecule has 4 aliphatic rings. The fourth-order valence-corrected chi connectivity index (χ4v) is 8.76. The van der Waals surface area contributed by atoms with Crippen molar-refractivity contribution in [3.05, 3.63) is 50.6 Å². The maximum atomic E-state index is 14.7. The van der Waals surface area contributed by atoms with Crippen LogP contribution in [-0.4, -0.2) is 49.4 Å². The molecule has 3 aliphatic carbocycles. The molecule has 0 radical (unpaired) electrons. The van der Waals surface area contributed by atoms with Crippen LogP contribution in [0.4, 0.5) is 5.69 Å². The minimum absolute atomic E-state index is 0.0850. The molecule has 1 aromatic carbocycles. The second-order valence-electron chi connectivity index (χ2n) is 13.6. The summed E-state index contributed by atoms with van der Waals surface area (Å²) < 4.78 is 0. The van der Waals surface area contributed by atoms with Gasteiger partial charge in [-0.3, -0.25) is 19.3 Å². The molecule has 0 bridgehead atoms. The van der Waals surface area contributed by atoms with Gasteiger partial charge in [0.2, 0.25) is 0 Å². The van der Waals surface area contributed by atoms with E-state index in [0.29, 0.717) is 12.0 Å². The molecule has 1 aliphatic heterocycles. The van der Waals surface area contributed by atoms with Gasteiger partial charge in [0.05, 0.1) is 11.0 Å². The van der Waals surface area contributed by atoms with Crippen LogP contribution in [0.3, 0.4) is 0 Å². The third kappa shape index (κ3) is 3.57. The Balaban J connectivity index is 1.73. The summed E-state index contributed by atoms with van der Waals surface area (Å²) in [7, 11) is 4.15. The number of ketones is 3. The highest BCUT2D eigenvalue weighted by molar-refractivity contribution is 6.24. The first-order valence-electron chi connectivity index (χ1n) is 14.2. The Morgan fingerprint density at radius 2 is 1.66 bits per heavy atom. The molecule has 1 saturated heterocycles. The van der Waals surface area contributed by atoms with Gasteiger partial charge in [0.1, 0.15) is 0 Å².